The molecule has 8 nitrogen and oxygen atoms in total. The van der Waals surface area contributed by atoms with E-state index in [0.29, 0.717) is 37.1 Å². The molecule has 32 heavy (non-hydrogen) atoms. The molecule has 2 heterocycles. The molecule has 2 N–H and O–H groups in total. The van der Waals surface area contributed by atoms with Crippen molar-refractivity contribution < 1.29 is 14.4 Å². The number of amides is 3. The van der Waals surface area contributed by atoms with Crippen LogP contribution in [0.3, 0.4) is 0 Å². The van der Waals surface area contributed by atoms with Crippen LogP contribution in [0, 0.1) is 0 Å². The molecule has 1 aliphatic heterocycles. The molecule has 0 aliphatic carbocycles. The second-order valence-corrected chi connectivity index (χ2v) is 7.48. The fourth-order valence-electron chi connectivity index (χ4n) is 3.61. The van der Waals surface area contributed by atoms with Crippen molar-refractivity contribution in [1.29, 1.82) is 0 Å². The van der Waals surface area contributed by atoms with Gasteiger partial charge in [-0.25, -0.2) is 9.97 Å². The highest BCUT2D eigenvalue weighted by Crippen LogP contribution is 2.16. The van der Waals surface area contributed by atoms with Crippen molar-refractivity contribution in [3.8, 4) is 0 Å². The number of carbonyl (C=O) groups excluding carboxylic acids is 3. The number of likely N-dealkylation sites (tertiary alicyclic amines) is 1. The molecule has 1 fully saturated rings. The fraction of sp³-hybridized carbons (Fsp3) is 0.208. The van der Waals surface area contributed by atoms with Gasteiger partial charge in [0.2, 0.25) is 0 Å². The summed E-state index contributed by atoms with van der Waals surface area (Å²) in [5.41, 5.74) is 1.17. The molecule has 8 heteroatoms. The Morgan fingerprint density at radius 2 is 1.38 bits per heavy atom. The second kappa shape index (κ2) is 9.82. The lowest BCUT2D eigenvalue weighted by Crippen LogP contribution is -2.46. The molecule has 0 unspecified atom stereocenters. The maximum atomic E-state index is 12.8. The molecule has 1 aromatic heterocycles. The monoisotopic (exact) mass is 429 g/mol. The number of carbonyl (C=O) groups is 3. The minimum absolute atomic E-state index is 0.00443. The van der Waals surface area contributed by atoms with Gasteiger partial charge in [-0.3, -0.25) is 14.4 Å². The summed E-state index contributed by atoms with van der Waals surface area (Å²) in [7, 11) is 0. The van der Waals surface area contributed by atoms with Crippen LogP contribution in [0.2, 0.25) is 0 Å². The van der Waals surface area contributed by atoms with Crippen molar-refractivity contribution in [2.24, 2.45) is 0 Å². The summed E-state index contributed by atoms with van der Waals surface area (Å²) >= 11 is 0. The number of rotatable bonds is 5. The molecule has 3 aromatic rings. The van der Waals surface area contributed by atoms with Gasteiger partial charge in [-0.2, -0.15) is 0 Å². The van der Waals surface area contributed by atoms with Crippen molar-refractivity contribution in [3.63, 3.8) is 0 Å². The van der Waals surface area contributed by atoms with E-state index in [-0.39, 0.29) is 29.4 Å². The average molecular weight is 429 g/mol. The third-order valence-corrected chi connectivity index (χ3v) is 5.32. The molecule has 0 spiro atoms. The molecular weight excluding hydrogens is 406 g/mol. The lowest BCUT2D eigenvalue weighted by Gasteiger charge is -2.32. The third-order valence-electron chi connectivity index (χ3n) is 5.32. The highest BCUT2D eigenvalue weighted by molar-refractivity contribution is 6.07. The van der Waals surface area contributed by atoms with Crippen molar-refractivity contribution in [2.45, 2.75) is 18.9 Å². The zero-order valence-corrected chi connectivity index (χ0v) is 17.4. The molecule has 1 aliphatic rings. The van der Waals surface area contributed by atoms with E-state index in [1.807, 2.05) is 24.3 Å². The van der Waals surface area contributed by atoms with Crippen molar-refractivity contribution in [3.05, 3.63) is 89.9 Å². The summed E-state index contributed by atoms with van der Waals surface area (Å²) in [5.74, 6) is -0.673. The number of piperidine rings is 1. The van der Waals surface area contributed by atoms with Crippen LogP contribution in [0.15, 0.2) is 73.1 Å². The topological polar surface area (TPSA) is 104 Å². The summed E-state index contributed by atoms with van der Waals surface area (Å²) in [4.78, 5) is 47.9. The molecular formula is C24H23N5O3. The van der Waals surface area contributed by atoms with Gasteiger partial charge in [-0.15, -0.1) is 0 Å². The first kappa shape index (κ1) is 21.2. The van der Waals surface area contributed by atoms with Crippen molar-refractivity contribution >= 4 is 23.5 Å². The summed E-state index contributed by atoms with van der Waals surface area (Å²) in [6.07, 6.45) is 4.10. The van der Waals surface area contributed by atoms with E-state index in [0.717, 1.165) is 0 Å². The Balaban J connectivity index is 1.36. The highest BCUT2D eigenvalue weighted by atomic mass is 16.2. The Hall–Kier alpha value is -4.07. The first-order chi connectivity index (χ1) is 15.6. The van der Waals surface area contributed by atoms with Crippen LogP contribution in [0.4, 0.5) is 5.82 Å². The van der Waals surface area contributed by atoms with Crippen LogP contribution >= 0.6 is 0 Å². The standard InChI is InChI=1S/C24H23N5O3/c30-22(17-7-3-1-4-8-17)28-21-20(25-13-14-26-21)23(31)27-19-11-15-29(16-12-19)24(32)18-9-5-2-6-10-18/h1-10,13-14,19H,11-12,15-16H2,(H,27,31)(H,26,28,30). The Morgan fingerprint density at radius 3 is 2.03 bits per heavy atom. The quantitative estimate of drug-likeness (QED) is 0.649. The van der Waals surface area contributed by atoms with Gasteiger partial charge in [0, 0.05) is 42.7 Å². The first-order valence-corrected chi connectivity index (χ1v) is 10.4. The maximum Gasteiger partial charge on any atom is 0.273 e. The Kier molecular flexibility index (Phi) is 6.50. The number of nitrogens with zero attached hydrogens (tertiary/aromatic N) is 3. The number of aromatic nitrogens is 2. The van der Waals surface area contributed by atoms with Gasteiger partial charge in [0.15, 0.2) is 11.5 Å². The number of anilines is 1. The highest BCUT2D eigenvalue weighted by Gasteiger charge is 2.26. The molecule has 3 amide bonds. The van der Waals surface area contributed by atoms with Crippen LogP contribution in [0.1, 0.15) is 44.0 Å². The maximum absolute atomic E-state index is 12.8. The Morgan fingerprint density at radius 1 is 0.781 bits per heavy atom. The number of benzene rings is 2. The smallest absolute Gasteiger partial charge is 0.273 e. The molecule has 1 saturated heterocycles. The van der Waals surface area contributed by atoms with Crippen LogP contribution in [0.25, 0.3) is 0 Å². The second-order valence-electron chi connectivity index (χ2n) is 7.48. The third kappa shape index (κ3) is 4.97. The minimum Gasteiger partial charge on any atom is -0.348 e. The van der Waals surface area contributed by atoms with Gasteiger partial charge in [0.25, 0.3) is 17.7 Å². The van der Waals surface area contributed by atoms with Crippen LogP contribution in [0.5, 0.6) is 0 Å². The van der Waals surface area contributed by atoms with Gasteiger partial charge in [0.05, 0.1) is 0 Å². The van der Waals surface area contributed by atoms with Crippen molar-refractivity contribution in [1.82, 2.24) is 20.2 Å². The largest absolute Gasteiger partial charge is 0.348 e. The first-order valence-electron chi connectivity index (χ1n) is 10.4. The predicted octanol–water partition coefficient (Wildman–Crippen LogP) is 2.76. The zero-order chi connectivity index (χ0) is 22.3. The van der Waals surface area contributed by atoms with Crippen LogP contribution in [-0.4, -0.2) is 51.7 Å². The summed E-state index contributed by atoms with van der Waals surface area (Å²) < 4.78 is 0. The number of hydrogen-bond donors (Lipinski definition) is 2. The fourth-order valence-corrected chi connectivity index (χ4v) is 3.61. The van der Waals surface area contributed by atoms with Gasteiger partial charge in [0.1, 0.15) is 0 Å². The van der Waals surface area contributed by atoms with E-state index in [1.54, 1.807) is 41.3 Å². The molecule has 162 valence electrons. The minimum atomic E-state index is -0.408. The van der Waals surface area contributed by atoms with E-state index in [4.69, 9.17) is 0 Å². The Labute approximate surface area is 185 Å². The summed E-state index contributed by atoms with van der Waals surface area (Å²) in [6, 6.07) is 17.8. The normalized spacial score (nSPS) is 13.9. The van der Waals surface area contributed by atoms with Crippen LogP contribution < -0.4 is 10.6 Å². The molecule has 0 atom stereocenters. The lowest BCUT2D eigenvalue weighted by molar-refractivity contribution is 0.0697. The Bertz CT molecular complexity index is 1100. The van der Waals surface area contributed by atoms with E-state index < -0.39 is 5.91 Å². The van der Waals surface area contributed by atoms with E-state index in [2.05, 4.69) is 20.6 Å². The SMILES string of the molecule is O=C(Nc1nccnc1C(=O)NC1CCN(C(=O)c2ccccc2)CC1)c1ccccc1. The molecule has 2 aromatic carbocycles. The van der Waals surface area contributed by atoms with Gasteiger partial charge >= 0.3 is 0 Å². The molecule has 4 rings (SSSR count). The van der Waals surface area contributed by atoms with E-state index >= 15 is 0 Å². The zero-order valence-electron chi connectivity index (χ0n) is 17.4. The molecule has 0 radical (unpaired) electrons. The number of hydrogen-bond acceptors (Lipinski definition) is 5. The van der Waals surface area contributed by atoms with Gasteiger partial charge in [-0.05, 0) is 37.1 Å². The van der Waals surface area contributed by atoms with Gasteiger partial charge < -0.3 is 15.5 Å². The lowest BCUT2D eigenvalue weighted by atomic mass is 10.0. The summed E-state index contributed by atoms with van der Waals surface area (Å²) in [6.45, 7) is 1.10. The summed E-state index contributed by atoms with van der Waals surface area (Å²) in [5, 5.41) is 5.62. The molecule has 0 saturated carbocycles. The number of nitrogens with one attached hydrogen (secondary N) is 2. The predicted molar refractivity (Wildman–Crippen MR) is 119 cm³/mol. The van der Waals surface area contributed by atoms with E-state index in [9.17, 15) is 14.4 Å². The average Bonchev–Trinajstić information content (AvgIpc) is 2.85. The van der Waals surface area contributed by atoms with Gasteiger partial charge in [-0.1, -0.05) is 36.4 Å². The van der Waals surface area contributed by atoms with Crippen LogP contribution in [-0.2, 0) is 0 Å². The molecule has 0 bridgehead atoms. The van der Waals surface area contributed by atoms with E-state index in [1.165, 1.54) is 12.4 Å². The van der Waals surface area contributed by atoms with Crippen molar-refractivity contribution in [2.75, 3.05) is 18.4 Å².